The van der Waals surface area contributed by atoms with E-state index in [1.807, 2.05) is 6.92 Å². The number of carbonyl (C=O) groups excluding carboxylic acids is 1. The minimum atomic E-state index is -0.342. The molecular formula is C17H17BrClN7O2. The smallest absolute Gasteiger partial charge is 0.322 e. The summed E-state index contributed by atoms with van der Waals surface area (Å²) in [6.45, 7) is 2.45. The van der Waals surface area contributed by atoms with Gasteiger partial charge in [0.1, 0.15) is 11.8 Å². The van der Waals surface area contributed by atoms with Gasteiger partial charge in [-0.05, 0) is 22.4 Å². The number of carbonyl (C=O) groups is 1. The van der Waals surface area contributed by atoms with Gasteiger partial charge in [-0.3, -0.25) is 9.88 Å². The van der Waals surface area contributed by atoms with Crippen molar-refractivity contribution in [2.75, 3.05) is 11.4 Å². The number of nitrogens with one attached hydrogen (secondary N) is 1. The highest BCUT2D eigenvalue weighted by molar-refractivity contribution is 9.10. The number of anilines is 1. The topological polar surface area (TPSA) is 97.5 Å². The van der Waals surface area contributed by atoms with Gasteiger partial charge in [0.15, 0.2) is 11.6 Å². The summed E-state index contributed by atoms with van der Waals surface area (Å²) in [6.07, 6.45) is 9.08. The molecule has 4 rings (SSSR count). The largest absolute Gasteiger partial charge is 0.485 e. The van der Waals surface area contributed by atoms with Crippen molar-refractivity contribution < 1.29 is 9.53 Å². The third kappa shape index (κ3) is 3.61. The molecule has 2 atom stereocenters. The second kappa shape index (κ2) is 7.88. The normalized spacial score (nSPS) is 21.3. The van der Waals surface area contributed by atoms with E-state index in [-0.39, 0.29) is 18.2 Å². The maximum atomic E-state index is 13.0. The van der Waals surface area contributed by atoms with E-state index < -0.39 is 0 Å². The molecule has 2 aliphatic heterocycles. The van der Waals surface area contributed by atoms with Crippen molar-refractivity contribution in [3.05, 3.63) is 34.3 Å². The fourth-order valence-corrected chi connectivity index (χ4v) is 3.72. The second-order valence-corrected chi connectivity index (χ2v) is 7.62. The zero-order chi connectivity index (χ0) is 19.7. The predicted molar refractivity (Wildman–Crippen MR) is 109 cm³/mol. The molecule has 0 spiro atoms. The van der Waals surface area contributed by atoms with Gasteiger partial charge in [0, 0.05) is 18.8 Å². The molecule has 1 N–H and O–H groups in total. The summed E-state index contributed by atoms with van der Waals surface area (Å²) in [5.74, 6) is 1.07. The van der Waals surface area contributed by atoms with Crippen molar-refractivity contribution in [2.24, 2.45) is 4.99 Å². The number of ether oxygens (including phenoxy) is 1. The third-order valence-corrected chi connectivity index (χ3v) is 5.32. The summed E-state index contributed by atoms with van der Waals surface area (Å²) < 4.78 is 6.69. The van der Waals surface area contributed by atoms with Crippen LogP contribution >= 0.6 is 27.5 Å². The fourth-order valence-electron chi connectivity index (χ4n) is 3.01. The quantitative estimate of drug-likeness (QED) is 0.750. The van der Waals surface area contributed by atoms with Gasteiger partial charge in [0.05, 0.1) is 40.7 Å². The number of urea groups is 1. The lowest BCUT2D eigenvalue weighted by molar-refractivity contribution is 0.184. The number of hydrogen-bond donors (Lipinski definition) is 1. The maximum Gasteiger partial charge on any atom is 0.322 e. The monoisotopic (exact) mass is 465 g/mol. The third-order valence-electron chi connectivity index (χ3n) is 4.43. The van der Waals surface area contributed by atoms with Crippen LogP contribution in [0.1, 0.15) is 19.8 Å². The van der Waals surface area contributed by atoms with E-state index >= 15 is 0 Å². The molecule has 2 amide bonds. The van der Waals surface area contributed by atoms with Crippen LogP contribution in [-0.4, -0.2) is 50.9 Å². The standard InChI is InChI=1S/C17H17BrClN7O2/c1-2-11-9-25(14-8-20-7-12(18)15(14)28-11)17(27)24-10-5-13(19)16(21-6-10)26-22-3-4-23-26/h3-4,6-8,10-11H,2,5,9H2,1H3,(H,24,27)/t10?,11-/m0/s1. The number of hydrogen-bond acceptors (Lipinski definition) is 6. The summed E-state index contributed by atoms with van der Waals surface area (Å²) >= 11 is 9.79. The molecule has 0 saturated heterocycles. The Balaban J connectivity index is 1.51. The molecule has 11 heteroatoms. The minimum absolute atomic E-state index is 0.0991. The van der Waals surface area contributed by atoms with Gasteiger partial charge in [-0.2, -0.15) is 10.2 Å². The first-order chi connectivity index (χ1) is 13.6. The van der Waals surface area contributed by atoms with Crippen molar-refractivity contribution in [3.8, 4) is 5.75 Å². The van der Waals surface area contributed by atoms with E-state index in [1.54, 1.807) is 35.9 Å². The molecule has 9 nitrogen and oxygen atoms in total. The fraction of sp³-hybridized carbons (Fsp3) is 0.353. The van der Waals surface area contributed by atoms with Crippen molar-refractivity contribution in [1.29, 1.82) is 0 Å². The number of halogens is 2. The average molecular weight is 467 g/mol. The molecule has 2 aromatic heterocycles. The van der Waals surface area contributed by atoms with Gasteiger partial charge >= 0.3 is 6.03 Å². The number of nitrogens with zero attached hydrogens (tertiary/aromatic N) is 6. The number of pyridine rings is 1. The molecule has 2 aliphatic rings. The van der Waals surface area contributed by atoms with Crippen LogP contribution in [0, 0.1) is 0 Å². The molecule has 0 bridgehead atoms. The zero-order valence-electron chi connectivity index (χ0n) is 14.9. The average Bonchev–Trinajstić information content (AvgIpc) is 3.22. The first-order valence-corrected chi connectivity index (χ1v) is 9.91. The van der Waals surface area contributed by atoms with E-state index in [1.165, 1.54) is 4.80 Å². The van der Waals surface area contributed by atoms with Gasteiger partial charge in [-0.15, -0.1) is 4.80 Å². The lowest BCUT2D eigenvalue weighted by atomic mass is 10.1. The van der Waals surface area contributed by atoms with Gasteiger partial charge < -0.3 is 10.1 Å². The van der Waals surface area contributed by atoms with Crippen molar-refractivity contribution in [3.63, 3.8) is 0 Å². The highest BCUT2D eigenvalue weighted by Gasteiger charge is 2.32. The van der Waals surface area contributed by atoms with Crippen LogP contribution in [0.15, 0.2) is 39.3 Å². The van der Waals surface area contributed by atoms with E-state index in [9.17, 15) is 4.79 Å². The molecule has 146 valence electrons. The van der Waals surface area contributed by atoms with E-state index in [2.05, 4.69) is 41.4 Å². The number of aromatic nitrogens is 4. The Morgan fingerprint density at radius 2 is 2.18 bits per heavy atom. The number of rotatable bonds is 3. The van der Waals surface area contributed by atoms with Crippen LogP contribution < -0.4 is 15.0 Å². The summed E-state index contributed by atoms with van der Waals surface area (Å²) in [4.78, 5) is 24.4. The number of amides is 2. The first-order valence-electron chi connectivity index (χ1n) is 8.74. The summed E-state index contributed by atoms with van der Waals surface area (Å²) in [5, 5.41) is 11.5. The van der Waals surface area contributed by atoms with Crippen molar-refractivity contribution >= 4 is 51.3 Å². The molecule has 1 unspecified atom stereocenters. The number of aliphatic imine (C=N–C) groups is 1. The molecule has 28 heavy (non-hydrogen) atoms. The Labute approximate surface area is 174 Å². The molecule has 0 saturated carbocycles. The van der Waals surface area contributed by atoms with Crippen LogP contribution in [0.25, 0.3) is 5.82 Å². The Bertz CT molecular complexity index is 947. The lowest BCUT2D eigenvalue weighted by Crippen LogP contribution is -2.51. The highest BCUT2D eigenvalue weighted by atomic mass is 79.9. The molecule has 2 aromatic rings. The summed E-state index contributed by atoms with van der Waals surface area (Å²) in [5.41, 5.74) is 0.618. The van der Waals surface area contributed by atoms with E-state index in [4.69, 9.17) is 16.3 Å². The molecule has 0 aromatic carbocycles. The van der Waals surface area contributed by atoms with Crippen LogP contribution in [-0.2, 0) is 0 Å². The Morgan fingerprint density at radius 1 is 1.39 bits per heavy atom. The van der Waals surface area contributed by atoms with Crippen LogP contribution in [0.5, 0.6) is 5.75 Å². The first kappa shape index (κ1) is 18.9. The van der Waals surface area contributed by atoms with E-state index in [0.29, 0.717) is 39.7 Å². The van der Waals surface area contributed by atoms with Gasteiger partial charge in [0.2, 0.25) is 0 Å². The molecule has 0 radical (unpaired) electrons. The molecule has 4 heterocycles. The second-order valence-electron chi connectivity index (χ2n) is 6.31. The van der Waals surface area contributed by atoms with Crippen LogP contribution in [0.2, 0.25) is 0 Å². The van der Waals surface area contributed by atoms with Gasteiger partial charge in [-0.25, -0.2) is 9.79 Å². The molecular weight excluding hydrogens is 450 g/mol. The summed E-state index contributed by atoms with van der Waals surface area (Å²) in [6, 6.07) is -0.602. The highest BCUT2D eigenvalue weighted by Crippen LogP contribution is 2.39. The van der Waals surface area contributed by atoms with Crippen LogP contribution in [0.4, 0.5) is 10.5 Å². The van der Waals surface area contributed by atoms with Gasteiger partial charge in [-0.1, -0.05) is 18.5 Å². The minimum Gasteiger partial charge on any atom is -0.485 e. The summed E-state index contributed by atoms with van der Waals surface area (Å²) in [7, 11) is 0. The maximum absolute atomic E-state index is 13.0. The SMILES string of the molecule is CC[C@H]1CN(C(=O)NC2C=NC(n3nccn3)=C(Cl)C2)c2cncc(Br)c2O1. The Kier molecular flexibility index (Phi) is 5.31. The molecule has 0 aliphatic carbocycles. The lowest BCUT2D eigenvalue weighted by Gasteiger charge is -2.35. The molecule has 0 fully saturated rings. The number of fused-ring (bicyclic) bond motifs is 1. The zero-order valence-corrected chi connectivity index (χ0v) is 17.3. The van der Waals surface area contributed by atoms with Crippen molar-refractivity contribution in [2.45, 2.75) is 31.9 Å². The van der Waals surface area contributed by atoms with Gasteiger partial charge in [0.25, 0.3) is 0 Å². The van der Waals surface area contributed by atoms with E-state index in [0.717, 1.165) is 6.42 Å². The Morgan fingerprint density at radius 3 is 2.89 bits per heavy atom. The van der Waals surface area contributed by atoms with Crippen LogP contribution in [0.3, 0.4) is 0 Å². The predicted octanol–water partition coefficient (Wildman–Crippen LogP) is 3.03. The van der Waals surface area contributed by atoms with Crippen molar-refractivity contribution in [1.82, 2.24) is 25.3 Å². The Hall–Kier alpha value is -2.46.